The topological polar surface area (TPSA) is 86.1 Å². The first kappa shape index (κ1) is 22.2. The molecule has 2 saturated heterocycles. The number of urea groups is 1. The Bertz CT molecular complexity index is 742. The van der Waals surface area contributed by atoms with Gasteiger partial charge in [0.2, 0.25) is 5.91 Å². The lowest BCUT2D eigenvalue weighted by Gasteiger charge is -2.37. The highest BCUT2D eigenvalue weighted by molar-refractivity contribution is 5.91. The Kier molecular flexibility index (Phi) is 7.39. The number of hydrogen-bond acceptors (Lipinski definition) is 4. The number of piperidine rings is 1. The summed E-state index contributed by atoms with van der Waals surface area (Å²) in [6.07, 6.45) is 3.32. The van der Waals surface area contributed by atoms with Crippen LogP contribution >= 0.6 is 0 Å². The van der Waals surface area contributed by atoms with Crippen molar-refractivity contribution in [3.63, 3.8) is 0 Å². The molecule has 0 spiro atoms. The van der Waals surface area contributed by atoms with Gasteiger partial charge in [-0.3, -0.25) is 9.59 Å². The Morgan fingerprint density at radius 2 is 1.57 bits per heavy atom. The van der Waals surface area contributed by atoms with Crippen LogP contribution in [0.3, 0.4) is 0 Å². The molecule has 0 saturated carbocycles. The third kappa shape index (κ3) is 5.15. The average Bonchev–Trinajstić information content (AvgIpc) is 3.21. The number of nitrogens with zero attached hydrogens (tertiary/aromatic N) is 3. The molecular formula is C22H34N4O4. The zero-order valence-electron chi connectivity index (χ0n) is 18.4. The van der Waals surface area contributed by atoms with Gasteiger partial charge in [0, 0.05) is 51.2 Å². The summed E-state index contributed by atoms with van der Waals surface area (Å²) in [5, 5.41) is 3.11. The molecule has 1 N–H and O–H groups in total. The first-order valence-corrected chi connectivity index (χ1v) is 11.1. The summed E-state index contributed by atoms with van der Waals surface area (Å²) < 4.78 is 5.42. The van der Waals surface area contributed by atoms with Crippen molar-refractivity contribution in [2.45, 2.75) is 52.5 Å². The highest BCUT2D eigenvalue weighted by Gasteiger charge is 2.30. The van der Waals surface area contributed by atoms with Crippen molar-refractivity contribution < 1.29 is 18.8 Å². The van der Waals surface area contributed by atoms with Crippen LogP contribution in [-0.4, -0.2) is 77.9 Å². The van der Waals surface area contributed by atoms with Gasteiger partial charge in [-0.25, -0.2) is 4.79 Å². The second-order valence-electron chi connectivity index (χ2n) is 8.25. The van der Waals surface area contributed by atoms with Crippen LogP contribution in [0.15, 0.2) is 16.5 Å². The standard InChI is InChI=1S/C22H34N4O4/c1-4-17(5-2)20(27)24-10-8-18(9-11-24)23-22(29)26-14-12-25(13-15-26)21(28)19-7-6-16(3)30-19/h6-7,17-18H,4-5,8-15H2,1-3H3,(H,23,29). The van der Waals surface area contributed by atoms with E-state index in [0.29, 0.717) is 50.8 Å². The molecule has 30 heavy (non-hydrogen) atoms. The molecule has 0 bridgehead atoms. The molecule has 3 rings (SSSR count). The predicted octanol–water partition coefficient (Wildman–Crippen LogP) is 2.48. The lowest BCUT2D eigenvalue weighted by molar-refractivity contribution is -0.136. The van der Waals surface area contributed by atoms with Crippen molar-refractivity contribution in [1.29, 1.82) is 0 Å². The van der Waals surface area contributed by atoms with E-state index in [1.54, 1.807) is 21.9 Å². The summed E-state index contributed by atoms with van der Waals surface area (Å²) in [4.78, 5) is 43.1. The Morgan fingerprint density at radius 1 is 0.967 bits per heavy atom. The maximum Gasteiger partial charge on any atom is 0.317 e. The molecule has 1 aromatic heterocycles. The predicted molar refractivity (Wildman–Crippen MR) is 113 cm³/mol. The molecule has 3 heterocycles. The van der Waals surface area contributed by atoms with Gasteiger partial charge in [-0.1, -0.05) is 13.8 Å². The van der Waals surface area contributed by atoms with Gasteiger partial charge in [0.05, 0.1) is 0 Å². The first-order chi connectivity index (χ1) is 14.4. The van der Waals surface area contributed by atoms with E-state index in [-0.39, 0.29) is 29.8 Å². The van der Waals surface area contributed by atoms with Crippen molar-refractivity contribution in [2.75, 3.05) is 39.3 Å². The summed E-state index contributed by atoms with van der Waals surface area (Å²) in [7, 11) is 0. The fraction of sp³-hybridized carbons (Fsp3) is 0.682. The maximum absolute atomic E-state index is 12.6. The van der Waals surface area contributed by atoms with Gasteiger partial charge < -0.3 is 24.4 Å². The third-order valence-electron chi connectivity index (χ3n) is 6.27. The highest BCUT2D eigenvalue weighted by atomic mass is 16.3. The van der Waals surface area contributed by atoms with E-state index < -0.39 is 0 Å². The summed E-state index contributed by atoms with van der Waals surface area (Å²) in [6, 6.07) is 3.48. The lowest BCUT2D eigenvalue weighted by Crippen LogP contribution is -2.56. The molecule has 1 aromatic rings. The zero-order chi connectivity index (χ0) is 21.7. The van der Waals surface area contributed by atoms with Gasteiger partial charge >= 0.3 is 6.03 Å². The normalized spacial score (nSPS) is 18.1. The van der Waals surface area contributed by atoms with Gasteiger partial charge in [0.25, 0.3) is 5.91 Å². The van der Waals surface area contributed by atoms with Crippen LogP contribution < -0.4 is 5.32 Å². The second kappa shape index (κ2) is 10.00. The van der Waals surface area contributed by atoms with E-state index in [0.717, 1.165) is 25.7 Å². The van der Waals surface area contributed by atoms with E-state index in [9.17, 15) is 14.4 Å². The molecule has 2 aliphatic heterocycles. The first-order valence-electron chi connectivity index (χ1n) is 11.1. The van der Waals surface area contributed by atoms with Gasteiger partial charge in [-0.2, -0.15) is 0 Å². The Hall–Kier alpha value is -2.51. The number of aryl methyl sites for hydroxylation is 1. The molecule has 0 atom stereocenters. The Balaban J connectivity index is 1.41. The van der Waals surface area contributed by atoms with E-state index in [1.165, 1.54) is 0 Å². The largest absolute Gasteiger partial charge is 0.456 e. The van der Waals surface area contributed by atoms with Gasteiger partial charge in [-0.15, -0.1) is 0 Å². The van der Waals surface area contributed by atoms with Gasteiger partial charge in [0.1, 0.15) is 5.76 Å². The number of amides is 4. The SMILES string of the molecule is CCC(CC)C(=O)N1CCC(NC(=O)N2CCN(C(=O)c3ccc(C)o3)CC2)CC1. The molecule has 2 aliphatic rings. The maximum atomic E-state index is 12.6. The number of likely N-dealkylation sites (tertiary alicyclic amines) is 1. The number of piperazine rings is 1. The Morgan fingerprint density at radius 3 is 2.10 bits per heavy atom. The quantitative estimate of drug-likeness (QED) is 0.796. The van der Waals surface area contributed by atoms with Crippen molar-refractivity contribution in [3.05, 3.63) is 23.7 Å². The average molecular weight is 419 g/mol. The monoisotopic (exact) mass is 418 g/mol. The van der Waals surface area contributed by atoms with Crippen molar-refractivity contribution in [1.82, 2.24) is 20.0 Å². The van der Waals surface area contributed by atoms with Crippen LogP contribution in [0, 0.1) is 12.8 Å². The highest BCUT2D eigenvalue weighted by Crippen LogP contribution is 2.18. The molecule has 2 fully saturated rings. The smallest absolute Gasteiger partial charge is 0.317 e. The van der Waals surface area contributed by atoms with E-state index >= 15 is 0 Å². The van der Waals surface area contributed by atoms with E-state index in [1.807, 2.05) is 11.8 Å². The molecule has 8 heteroatoms. The van der Waals surface area contributed by atoms with Crippen LogP contribution in [-0.2, 0) is 4.79 Å². The minimum absolute atomic E-state index is 0.0827. The van der Waals surface area contributed by atoms with Gasteiger partial charge in [-0.05, 0) is 44.7 Å². The van der Waals surface area contributed by atoms with Crippen LogP contribution in [0.1, 0.15) is 55.8 Å². The molecule has 0 radical (unpaired) electrons. The number of carbonyl (C=O) groups is 3. The third-order valence-corrected chi connectivity index (χ3v) is 6.27. The molecule has 4 amide bonds. The van der Waals surface area contributed by atoms with E-state index in [2.05, 4.69) is 19.2 Å². The minimum atomic E-state index is -0.127. The minimum Gasteiger partial charge on any atom is -0.456 e. The van der Waals surface area contributed by atoms with Crippen molar-refractivity contribution >= 4 is 17.8 Å². The van der Waals surface area contributed by atoms with Crippen LogP contribution in [0.5, 0.6) is 0 Å². The Labute approximate surface area is 178 Å². The molecule has 0 unspecified atom stereocenters. The number of carbonyl (C=O) groups excluding carboxylic acids is 3. The summed E-state index contributed by atoms with van der Waals surface area (Å²) in [6.45, 7) is 9.32. The number of rotatable bonds is 5. The van der Waals surface area contributed by atoms with Crippen LogP contribution in [0.25, 0.3) is 0 Å². The number of hydrogen-bond donors (Lipinski definition) is 1. The summed E-state index contributed by atoms with van der Waals surface area (Å²) in [5.74, 6) is 1.29. The molecule has 0 aliphatic carbocycles. The second-order valence-corrected chi connectivity index (χ2v) is 8.25. The van der Waals surface area contributed by atoms with Gasteiger partial charge in [0.15, 0.2) is 5.76 Å². The van der Waals surface area contributed by atoms with Crippen molar-refractivity contribution in [2.24, 2.45) is 5.92 Å². The van der Waals surface area contributed by atoms with Crippen LogP contribution in [0.2, 0.25) is 0 Å². The molecular weight excluding hydrogens is 384 g/mol. The fourth-order valence-electron chi connectivity index (χ4n) is 4.22. The summed E-state index contributed by atoms with van der Waals surface area (Å²) >= 11 is 0. The summed E-state index contributed by atoms with van der Waals surface area (Å²) in [5.41, 5.74) is 0. The molecule has 0 aromatic carbocycles. The van der Waals surface area contributed by atoms with Crippen LogP contribution in [0.4, 0.5) is 4.79 Å². The molecule has 166 valence electrons. The number of nitrogens with one attached hydrogen (secondary N) is 1. The zero-order valence-corrected chi connectivity index (χ0v) is 18.4. The van der Waals surface area contributed by atoms with E-state index in [4.69, 9.17) is 4.42 Å². The number of furan rings is 1. The van der Waals surface area contributed by atoms with Crippen molar-refractivity contribution in [3.8, 4) is 0 Å². The lowest BCUT2D eigenvalue weighted by atomic mass is 9.98. The molecule has 8 nitrogen and oxygen atoms in total. The fourth-order valence-corrected chi connectivity index (χ4v) is 4.22.